The van der Waals surface area contributed by atoms with Gasteiger partial charge in [0.1, 0.15) is 0 Å². The number of hydrogen-bond acceptors (Lipinski definition) is 6. The number of nitrogens with zero attached hydrogens (tertiary/aromatic N) is 4. The predicted octanol–water partition coefficient (Wildman–Crippen LogP) is 3.95. The number of fused-ring (bicyclic) bond motifs is 1. The summed E-state index contributed by atoms with van der Waals surface area (Å²) in [5, 5.41) is 5.26. The van der Waals surface area contributed by atoms with E-state index in [1.165, 1.54) is 11.8 Å². The summed E-state index contributed by atoms with van der Waals surface area (Å²) >= 11 is 1.46. The fraction of sp³-hybridized carbons (Fsp3) is 0.444. The van der Waals surface area contributed by atoms with Gasteiger partial charge in [-0.3, -0.25) is 9.36 Å². The van der Waals surface area contributed by atoms with Crippen molar-refractivity contribution in [3.8, 4) is 0 Å². The summed E-state index contributed by atoms with van der Waals surface area (Å²) in [7, 11) is 0. The number of benzene rings is 1. The van der Waals surface area contributed by atoms with Gasteiger partial charge in [-0.15, -0.1) is 0 Å². The molecule has 0 aliphatic carbocycles. The lowest BCUT2D eigenvalue weighted by Gasteiger charge is -2.13. The topological polar surface area (TPSA) is 73.8 Å². The first-order valence-corrected chi connectivity index (χ1v) is 9.19. The third-order valence-electron chi connectivity index (χ3n) is 3.89. The van der Waals surface area contributed by atoms with Gasteiger partial charge >= 0.3 is 0 Å². The first-order valence-electron chi connectivity index (χ1n) is 8.31. The molecule has 0 N–H and O–H groups in total. The highest BCUT2D eigenvalue weighted by molar-refractivity contribution is 7.99. The molecule has 2 heterocycles. The number of thioether (sulfide) groups is 1. The van der Waals surface area contributed by atoms with E-state index in [9.17, 15) is 4.79 Å². The summed E-state index contributed by atoms with van der Waals surface area (Å²) in [4.78, 5) is 21.9. The van der Waals surface area contributed by atoms with Gasteiger partial charge in [0, 0.05) is 12.0 Å². The second-order valence-electron chi connectivity index (χ2n) is 6.93. The van der Waals surface area contributed by atoms with Crippen molar-refractivity contribution in [2.75, 3.05) is 0 Å². The van der Waals surface area contributed by atoms with Crippen molar-refractivity contribution in [1.29, 1.82) is 0 Å². The molecule has 0 radical (unpaired) electrons. The third kappa shape index (κ3) is 3.46. The van der Waals surface area contributed by atoms with Gasteiger partial charge in [-0.05, 0) is 26.0 Å². The summed E-state index contributed by atoms with van der Waals surface area (Å²) in [6.45, 7) is 10.6. The zero-order valence-electron chi connectivity index (χ0n) is 15.1. The molecule has 25 heavy (non-hydrogen) atoms. The second kappa shape index (κ2) is 6.63. The molecule has 1 aromatic carbocycles. The number of hydrogen-bond donors (Lipinski definition) is 0. The summed E-state index contributed by atoms with van der Waals surface area (Å²) < 4.78 is 7.10. The molecule has 6 nitrogen and oxygen atoms in total. The molecular formula is C18H22N4O2S. The van der Waals surface area contributed by atoms with E-state index in [1.807, 2.05) is 58.9 Å². The molecule has 0 saturated heterocycles. The minimum Gasteiger partial charge on any atom is -0.338 e. The first-order chi connectivity index (χ1) is 11.8. The van der Waals surface area contributed by atoms with Gasteiger partial charge in [0.15, 0.2) is 11.0 Å². The quantitative estimate of drug-likeness (QED) is 0.519. The maximum Gasteiger partial charge on any atom is 0.262 e. The Morgan fingerprint density at radius 3 is 2.60 bits per heavy atom. The highest BCUT2D eigenvalue weighted by Crippen LogP contribution is 2.34. The van der Waals surface area contributed by atoms with Crippen LogP contribution < -0.4 is 5.56 Å². The van der Waals surface area contributed by atoms with E-state index in [-0.39, 0.29) is 16.2 Å². The highest BCUT2D eigenvalue weighted by atomic mass is 32.2. The van der Waals surface area contributed by atoms with Gasteiger partial charge in [-0.2, -0.15) is 4.98 Å². The predicted molar refractivity (Wildman–Crippen MR) is 98.9 cm³/mol. The fourth-order valence-electron chi connectivity index (χ4n) is 2.43. The van der Waals surface area contributed by atoms with Crippen molar-refractivity contribution >= 4 is 22.7 Å². The van der Waals surface area contributed by atoms with Gasteiger partial charge in [0.05, 0.1) is 16.2 Å². The minimum absolute atomic E-state index is 0.0243. The third-order valence-corrected chi connectivity index (χ3v) is 4.96. The Kier molecular flexibility index (Phi) is 4.69. The molecule has 0 saturated carbocycles. The molecule has 1 unspecified atom stereocenters. The Balaban J connectivity index is 1.97. The molecule has 0 amide bonds. The average molecular weight is 358 g/mol. The molecule has 0 spiro atoms. The van der Waals surface area contributed by atoms with Crippen molar-refractivity contribution in [2.24, 2.45) is 0 Å². The van der Waals surface area contributed by atoms with Crippen LogP contribution in [-0.2, 0) is 12.0 Å². The van der Waals surface area contributed by atoms with E-state index in [0.29, 0.717) is 34.3 Å². The van der Waals surface area contributed by atoms with E-state index >= 15 is 0 Å². The van der Waals surface area contributed by atoms with Crippen LogP contribution in [0.25, 0.3) is 10.9 Å². The molecule has 132 valence electrons. The Labute approximate surface area is 150 Å². The molecule has 1 atom stereocenters. The Morgan fingerprint density at radius 2 is 1.96 bits per heavy atom. The Morgan fingerprint density at radius 1 is 1.24 bits per heavy atom. The largest absolute Gasteiger partial charge is 0.338 e. The van der Waals surface area contributed by atoms with E-state index < -0.39 is 0 Å². The molecule has 0 aliphatic rings. The first kappa shape index (κ1) is 17.7. The van der Waals surface area contributed by atoms with Gasteiger partial charge in [-0.25, -0.2) is 4.98 Å². The Hall–Kier alpha value is -2.15. The van der Waals surface area contributed by atoms with Crippen LogP contribution in [0.5, 0.6) is 0 Å². The van der Waals surface area contributed by atoms with Crippen molar-refractivity contribution in [3.05, 3.63) is 46.3 Å². The van der Waals surface area contributed by atoms with E-state index in [4.69, 9.17) is 4.52 Å². The van der Waals surface area contributed by atoms with E-state index in [0.717, 1.165) is 0 Å². The monoisotopic (exact) mass is 358 g/mol. The SMILES string of the molecule is CCn1c(SC(C)c2nc(C(C)(C)C)no2)nc2ccccc2c1=O. The number of aromatic nitrogens is 4. The van der Waals surface area contributed by atoms with Crippen molar-refractivity contribution < 1.29 is 4.52 Å². The molecular weight excluding hydrogens is 336 g/mol. The lowest BCUT2D eigenvalue weighted by molar-refractivity contribution is 0.364. The van der Waals surface area contributed by atoms with Crippen LogP contribution in [0.3, 0.4) is 0 Å². The van der Waals surface area contributed by atoms with E-state index in [1.54, 1.807) is 4.57 Å². The minimum atomic E-state index is -0.168. The maximum atomic E-state index is 12.7. The molecule has 0 aliphatic heterocycles. The smallest absolute Gasteiger partial charge is 0.262 e. The number of para-hydroxylation sites is 1. The summed E-state index contributed by atoms with van der Waals surface area (Å²) in [6, 6.07) is 7.40. The van der Waals surface area contributed by atoms with Crippen LogP contribution >= 0.6 is 11.8 Å². The van der Waals surface area contributed by atoms with Crippen LogP contribution in [-0.4, -0.2) is 19.7 Å². The molecule has 0 bridgehead atoms. The zero-order valence-corrected chi connectivity index (χ0v) is 15.9. The van der Waals surface area contributed by atoms with Gasteiger partial charge in [0.2, 0.25) is 5.89 Å². The van der Waals surface area contributed by atoms with E-state index in [2.05, 4.69) is 15.1 Å². The van der Waals surface area contributed by atoms with Gasteiger partial charge in [0.25, 0.3) is 5.56 Å². The van der Waals surface area contributed by atoms with Crippen LogP contribution in [0.4, 0.5) is 0 Å². The van der Waals surface area contributed by atoms with Crippen LogP contribution in [0, 0.1) is 0 Å². The van der Waals surface area contributed by atoms with Gasteiger partial charge < -0.3 is 4.52 Å². The van der Waals surface area contributed by atoms with Crippen molar-refractivity contribution in [2.45, 2.75) is 57.0 Å². The summed E-state index contributed by atoms with van der Waals surface area (Å²) in [6.07, 6.45) is 0. The highest BCUT2D eigenvalue weighted by Gasteiger charge is 2.24. The molecule has 2 aromatic heterocycles. The summed E-state index contributed by atoms with van der Waals surface area (Å²) in [5.74, 6) is 1.22. The lowest BCUT2D eigenvalue weighted by atomic mass is 9.96. The normalized spacial score (nSPS) is 13.3. The van der Waals surface area contributed by atoms with Crippen molar-refractivity contribution in [1.82, 2.24) is 19.7 Å². The molecule has 7 heteroatoms. The maximum absolute atomic E-state index is 12.7. The molecule has 3 aromatic rings. The zero-order chi connectivity index (χ0) is 18.2. The molecule has 0 fully saturated rings. The van der Waals surface area contributed by atoms with Crippen LogP contribution in [0.1, 0.15) is 51.6 Å². The van der Waals surface area contributed by atoms with Crippen molar-refractivity contribution in [3.63, 3.8) is 0 Å². The Bertz CT molecular complexity index is 956. The molecule has 3 rings (SSSR count). The van der Waals surface area contributed by atoms with Crippen LogP contribution in [0.15, 0.2) is 38.7 Å². The lowest BCUT2D eigenvalue weighted by Crippen LogP contribution is -2.22. The van der Waals surface area contributed by atoms with Crippen LogP contribution in [0.2, 0.25) is 0 Å². The fourth-order valence-corrected chi connectivity index (χ4v) is 3.43. The number of rotatable bonds is 4. The standard InChI is InChI=1S/C18H22N4O2S/c1-6-22-15(23)12-9-7-8-10-13(12)19-17(22)25-11(2)14-20-16(21-24-14)18(3,4)5/h7-11H,6H2,1-5H3. The summed E-state index contributed by atoms with van der Waals surface area (Å²) in [5.41, 5.74) is 0.510. The second-order valence-corrected chi connectivity index (χ2v) is 8.24. The average Bonchev–Trinajstić information content (AvgIpc) is 3.06. The van der Waals surface area contributed by atoms with Gasteiger partial charge in [-0.1, -0.05) is 49.8 Å².